The Kier molecular flexibility index (Phi) is 5.75. The van der Waals surface area contributed by atoms with Crippen LogP contribution in [0.2, 0.25) is 0 Å². The predicted octanol–water partition coefficient (Wildman–Crippen LogP) is 2.32. The van der Waals surface area contributed by atoms with Crippen molar-refractivity contribution in [1.29, 1.82) is 0 Å². The number of hydrogen-bond donors (Lipinski definition) is 2. The van der Waals surface area contributed by atoms with Gasteiger partial charge in [0.15, 0.2) is 0 Å². The standard InChI is InChI=1S/C22H27FN4O4/c1-14(28)25-12-17-13-27(21(29)31-17)16-5-6-19(18(23)11-16)26-9-7-22(30,8-10-26)20(24-2)15-3-4-15/h5-6,11,15,17,20,30H,3-4,7-10,12-13H2,1H3,(H,25,28)/t17-,20?/m0/s1. The maximum absolute atomic E-state index is 14.9. The molecule has 8 nitrogen and oxygen atoms in total. The molecule has 3 fully saturated rings. The van der Waals surface area contributed by atoms with Gasteiger partial charge in [-0.1, -0.05) is 0 Å². The number of benzene rings is 1. The topological polar surface area (TPSA) is 86.5 Å². The quantitative estimate of drug-likeness (QED) is 0.677. The highest BCUT2D eigenvalue weighted by Crippen LogP contribution is 2.43. The Balaban J connectivity index is 1.40. The fourth-order valence-corrected chi connectivity index (χ4v) is 4.52. The van der Waals surface area contributed by atoms with E-state index >= 15 is 0 Å². The second kappa shape index (κ2) is 8.35. The molecule has 1 aromatic carbocycles. The Hall–Kier alpha value is -2.86. The first kappa shape index (κ1) is 21.4. The van der Waals surface area contributed by atoms with Crippen LogP contribution in [-0.2, 0) is 9.53 Å². The van der Waals surface area contributed by atoms with Gasteiger partial charge in [0, 0.05) is 38.8 Å². The van der Waals surface area contributed by atoms with E-state index in [0.29, 0.717) is 43.2 Å². The summed E-state index contributed by atoms with van der Waals surface area (Å²) in [7, 11) is 0. The maximum atomic E-state index is 14.9. The molecule has 1 unspecified atom stereocenters. The van der Waals surface area contributed by atoms with Crippen molar-refractivity contribution in [3.05, 3.63) is 35.4 Å². The molecular formula is C22H27FN4O4. The Bertz CT molecular complexity index is 905. The van der Waals surface area contributed by atoms with Crippen LogP contribution in [0.15, 0.2) is 18.2 Å². The normalized spacial score (nSPS) is 23.8. The third kappa shape index (κ3) is 4.44. The van der Waals surface area contributed by atoms with Crippen LogP contribution in [-0.4, -0.2) is 61.0 Å². The van der Waals surface area contributed by atoms with E-state index in [1.54, 1.807) is 12.1 Å². The number of halogens is 1. The molecule has 1 aliphatic carbocycles. The third-order valence-corrected chi connectivity index (χ3v) is 6.42. The second-order valence-corrected chi connectivity index (χ2v) is 8.69. The van der Waals surface area contributed by atoms with Crippen molar-refractivity contribution in [2.45, 2.75) is 50.4 Å². The average molecular weight is 430 g/mol. The Morgan fingerprint density at radius 3 is 2.71 bits per heavy atom. The second-order valence-electron chi connectivity index (χ2n) is 8.69. The molecule has 0 bridgehead atoms. The number of ether oxygens (including phenoxy) is 1. The van der Waals surface area contributed by atoms with Crippen molar-refractivity contribution in [2.75, 3.05) is 36.0 Å². The molecule has 4 rings (SSSR count). The van der Waals surface area contributed by atoms with Crippen LogP contribution in [0, 0.1) is 18.3 Å². The minimum absolute atomic E-state index is 0.210. The number of nitrogens with one attached hydrogen (secondary N) is 1. The van der Waals surface area contributed by atoms with E-state index in [1.807, 2.05) is 4.90 Å². The first-order chi connectivity index (χ1) is 14.8. The lowest BCUT2D eigenvalue weighted by atomic mass is 9.82. The van der Waals surface area contributed by atoms with Crippen molar-refractivity contribution in [3.8, 4) is 0 Å². The summed E-state index contributed by atoms with van der Waals surface area (Å²) < 4.78 is 20.2. The lowest BCUT2D eigenvalue weighted by Gasteiger charge is -2.39. The summed E-state index contributed by atoms with van der Waals surface area (Å²) in [6.45, 7) is 10.2. The van der Waals surface area contributed by atoms with E-state index in [4.69, 9.17) is 11.3 Å². The molecule has 1 aromatic rings. The fourth-order valence-electron chi connectivity index (χ4n) is 4.52. The zero-order chi connectivity index (χ0) is 22.2. The van der Waals surface area contributed by atoms with E-state index in [9.17, 15) is 19.1 Å². The highest BCUT2D eigenvalue weighted by molar-refractivity contribution is 5.90. The lowest BCUT2D eigenvalue weighted by Crippen LogP contribution is -2.51. The van der Waals surface area contributed by atoms with Gasteiger partial charge in [0.05, 0.1) is 24.5 Å². The molecule has 2 atom stereocenters. The van der Waals surface area contributed by atoms with Gasteiger partial charge in [-0.25, -0.2) is 15.8 Å². The van der Waals surface area contributed by atoms with Crippen LogP contribution in [0.5, 0.6) is 0 Å². The van der Waals surface area contributed by atoms with E-state index in [2.05, 4.69) is 10.2 Å². The minimum atomic E-state index is -1.00. The monoisotopic (exact) mass is 430 g/mol. The number of carbonyl (C=O) groups is 2. The van der Waals surface area contributed by atoms with Crippen LogP contribution in [0.4, 0.5) is 20.6 Å². The van der Waals surface area contributed by atoms with Gasteiger partial charge < -0.3 is 24.9 Å². The van der Waals surface area contributed by atoms with Gasteiger partial charge >= 0.3 is 6.09 Å². The van der Waals surface area contributed by atoms with Gasteiger partial charge in [-0.05, 0) is 31.0 Å². The molecule has 1 saturated carbocycles. The number of anilines is 2. The summed E-state index contributed by atoms with van der Waals surface area (Å²) >= 11 is 0. The number of hydrogen-bond acceptors (Lipinski definition) is 5. The molecule has 3 aliphatic rings. The van der Waals surface area contributed by atoms with Crippen LogP contribution in [0.3, 0.4) is 0 Å². The summed E-state index contributed by atoms with van der Waals surface area (Å²) in [5.74, 6) is -0.372. The maximum Gasteiger partial charge on any atom is 0.414 e. The smallest absolute Gasteiger partial charge is 0.414 e. The summed E-state index contributed by atoms with van der Waals surface area (Å²) in [4.78, 5) is 30.1. The van der Waals surface area contributed by atoms with Crippen LogP contribution in [0.1, 0.15) is 32.6 Å². The predicted molar refractivity (Wildman–Crippen MR) is 112 cm³/mol. The van der Waals surface area contributed by atoms with Gasteiger partial charge in [-0.15, -0.1) is 0 Å². The van der Waals surface area contributed by atoms with Gasteiger partial charge in [-0.3, -0.25) is 9.69 Å². The Morgan fingerprint density at radius 2 is 2.13 bits per heavy atom. The van der Waals surface area contributed by atoms with Crippen molar-refractivity contribution >= 4 is 23.4 Å². The third-order valence-electron chi connectivity index (χ3n) is 6.42. The van der Waals surface area contributed by atoms with Crippen molar-refractivity contribution < 1.29 is 23.8 Å². The minimum Gasteiger partial charge on any atom is -0.442 e. The largest absolute Gasteiger partial charge is 0.442 e. The molecule has 31 heavy (non-hydrogen) atoms. The van der Waals surface area contributed by atoms with E-state index < -0.39 is 23.6 Å². The number of nitrogens with zero attached hydrogens (tertiary/aromatic N) is 3. The van der Waals surface area contributed by atoms with Gasteiger partial charge in [0.2, 0.25) is 5.91 Å². The van der Waals surface area contributed by atoms with Crippen LogP contribution in [0.25, 0.3) is 4.85 Å². The van der Waals surface area contributed by atoms with Gasteiger partial charge in [-0.2, -0.15) is 0 Å². The summed E-state index contributed by atoms with van der Waals surface area (Å²) in [5, 5.41) is 13.6. The molecule has 2 N–H and O–H groups in total. The molecule has 0 spiro atoms. The molecule has 2 amide bonds. The van der Waals surface area contributed by atoms with Crippen LogP contribution < -0.4 is 15.1 Å². The molecule has 0 aromatic heterocycles. The lowest BCUT2D eigenvalue weighted by molar-refractivity contribution is -0.119. The molecule has 2 aliphatic heterocycles. The average Bonchev–Trinajstić information content (AvgIpc) is 3.49. The van der Waals surface area contributed by atoms with E-state index in [-0.39, 0.29) is 25.0 Å². The van der Waals surface area contributed by atoms with Gasteiger partial charge in [0.25, 0.3) is 6.04 Å². The van der Waals surface area contributed by atoms with Gasteiger partial charge in [0.1, 0.15) is 17.5 Å². The van der Waals surface area contributed by atoms with Crippen molar-refractivity contribution in [3.63, 3.8) is 0 Å². The fraction of sp³-hybridized carbons (Fsp3) is 0.591. The first-order valence-corrected chi connectivity index (χ1v) is 10.7. The summed E-state index contributed by atoms with van der Waals surface area (Å²) in [6.07, 6.45) is 1.80. The molecule has 2 heterocycles. The number of cyclic esters (lactones) is 1. The molecular weight excluding hydrogens is 403 g/mol. The number of aliphatic hydroxyl groups is 1. The van der Waals surface area contributed by atoms with E-state index in [1.165, 1.54) is 17.9 Å². The molecule has 166 valence electrons. The summed E-state index contributed by atoms with van der Waals surface area (Å²) in [6, 6.07) is 4.25. The molecule has 0 radical (unpaired) electrons. The van der Waals surface area contributed by atoms with E-state index in [0.717, 1.165) is 12.8 Å². The van der Waals surface area contributed by atoms with Crippen molar-refractivity contribution in [1.82, 2.24) is 5.32 Å². The number of piperidine rings is 1. The summed E-state index contributed by atoms with van der Waals surface area (Å²) in [5.41, 5.74) is -0.191. The zero-order valence-electron chi connectivity index (χ0n) is 17.5. The molecule has 2 saturated heterocycles. The van der Waals surface area contributed by atoms with Crippen LogP contribution >= 0.6 is 0 Å². The first-order valence-electron chi connectivity index (χ1n) is 10.7. The molecule has 9 heteroatoms. The highest BCUT2D eigenvalue weighted by atomic mass is 19.1. The van der Waals surface area contributed by atoms with Crippen molar-refractivity contribution in [2.24, 2.45) is 5.92 Å². The number of rotatable bonds is 6. The zero-order valence-corrected chi connectivity index (χ0v) is 17.5. The number of amides is 2. The Labute approximate surface area is 180 Å². The Morgan fingerprint density at radius 1 is 1.42 bits per heavy atom. The highest BCUT2D eigenvalue weighted by Gasteiger charge is 2.52. The SMILES string of the molecule is [C-]#[N+]C(C1CC1)C1(O)CCN(c2ccc(N3C[C@H](CNC(C)=O)OC3=O)cc2F)CC1. The number of carbonyl (C=O) groups excluding carboxylic acids is 2.